The topological polar surface area (TPSA) is 64.1 Å². The first kappa shape index (κ1) is 16.5. The molecule has 4 aromatic rings. The number of fused-ring (bicyclic) bond motifs is 2. The lowest BCUT2D eigenvalue weighted by atomic mass is 10.2. The van der Waals surface area contributed by atoms with E-state index < -0.39 is 0 Å². The Morgan fingerprint density at radius 2 is 1.96 bits per heavy atom. The number of rotatable bonds is 6. The molecule has 130 valence electrons. The molecule has 0 aliphatic rings. The summed E-state index contributed by atoms with van der Waals surface area (Å²) in [5, 5.41) is 4.44. The van der Waals surface area contributed by atoms with Gasteiger partial charge >= 0.3 is 0 Å². The monoisotopic (exact) mass is 363 g/mol. The molecule has 0 saturated heterocycles. The van der Waals surface area contributed by atoms with Crippen LogP contribution >= 0.6 is 11.3 Å². The average molecular weight is 363 g/mol. The van der Waals surface area contributed by atoms with Gasteiger partial charge in [0.15, 0.2) is 5.01 Å². The van der Waals surface area contributed by atoms with E-state index in [9.17, 15) is 4.79 Å². The summed E-state index contributed by atoms with van der Waals surface area (Å²) in [7, 11) is 0. The highest BCUT2D eigenvalue weighted by Crippen LogP contribution is 2.23. The molecule has 2 aromatic carbocycles. The third-order valence-electron chi connectivity index (χ3n) is 3.95. The van der Waals surface area contributed by atoms with Crippen molar-refractivity contribution in [2.24, 2.45) is 0 Å². The third-order valence-corrected chi connectivity index (χ3v) is 4.98. The van der Waals surface area contributed by atoms with Gasteiger partial charge in [-0.3, -0.25) is 9.78 Å². The molecule has 6 heteroatoms. The molecule has 0 aliphatic carbocycles. The summed E-state index contributed by atoms with van der Waals surface area (Å²) < 4.78 is 6.85. The van der Waals surface area contributed by atoms with Gasteiger partial charge in [0.2, 0.25) is 0 Å². The number of carbonyl (C=O) groups excluding carboxylic acids is 1. The van der Waals surface area contributed by atoms with Crippen molar-refractivity contribution in [1.82, 2.24) is 15.3 Å². The van der Waals surface area contributed by atoms with Crippen molar-refractivity contribution in [1.29, 1.82) is 0 Å². The Labute approximate surface area is 154 Å². The molecule has 1 amide bonds. The highest BCUT2D eigenvalue weighted by atomic mass is 32.1. The predicted molar refractivity (Wildman–Crippen MR) is 104 cm³/mol. The van der Waals surface area contributed by atoms with E-state index >= 15 is 0 Å². The number of para-hydroxylation sites is 2. The van der Waals surface area contributed by atoms with Gasteiger partial charge in [0, 0.05) is 18.1 Å². The summed E-state index contributed by atoms with van der Waals surface area (Å²) >= 11 is 1.40. The molecule has 0 aliphatic heterocycles. The second-order valence-corrected chi connectivity index (χ2v) is 6.81. The quantitative estimate of drug-likeness (QED) is 0.525. The van der Waals surface area contributed by atoms with Crippen molar-refractivity contribution in [3.63, 3.8) is 0 Å². The molecule has 5 nitrogen and oxygen atoms in total. The van der Waals surface area contributed by atoms with E-state index in [1.807, 2.05) is 54.6 Å². The minimum atomic E-state index is -0.141. The van der Waals surface area contributed by atoms with Crippen LogP contribution in [-0.2, 0) is 0 Å². The highest BCUT2D eigenvalue weighted by Gasteiger charge is 2.11. The molecule has 0 fully saturated rings. The normalized spacial score (nSPS) is 10.9. The number of thiazole rings is 1. The number of hydrogen-bond acceptors (Lipinski definition) is 5. The number of hydrogen-bond donors (Lipinski definition) is 1. The number of pyridine rings is 1. The largest absolute Gasteiger partial charge is 0.491 e. The van der Waals surface area contributed by atoms with E-state index in [0.717, 1.165) is 26.9 Å². The molecule has 0 atom stereocenters. The van der Waals surface area contributed by atoms with Crippen LogP contribution in [0.2, 0.25) is 0 Å². The van der Waals surface area contributed by atoms with Gasteiger partial charge in [-0.25, -0.2) is 4.98 Å². The first-order valence-corrected chi connectivity index (χ1v) is 9.23. The van der Waals surface area contributed by atoms with Crippen molar-refractivity contribution < 1.29 is 9.53 Å². The summed E-state index contributed by atoms with van der Waals surface area (Å²) in [4.78, 5) is 20.9. The van der Waals surface area contributed by atoms with Crippen LogP contribution in [0.25, 0.3) is 21.1 Å². The zero-order chi connectivity index (χ0) is 17.8. The highest BCUT2D eigenvalue weighted by molar-refractivity contribution is 7.20. The molecule has 0 radical (unpaired) electrons. The molecule has 0 saturated carbocycles. The summed E-state index contributed by atoms with van der Waals surface area (Å²) in [5.74, 6) is 0.624. The fourth-order valence-corrected chi connectivity index (χ4v) is 3.58. The van der Waals surface area contributed by atoms with Crippen LogP contribution in [0.1, 0.15) is 16.2 Å². The maximum atomic E-state index is 12.2. The van der Waals surface area contributed by atoms with Gasteiger partial charge in [0.25, 0.3) is 5.91 Å². The second kappa shape index (κ2) is 7.49. The van der Waals surface area contributed by atoms with Crippen LogP contribution in [0.5, 0.6) is 5.75 Å². The van der Waals surface area contributed by atoms with Gasteiger partial charge in [-0.1, -0.05) is 30.3 Å². The third kappa shape index (κ3) is 3.50. The van der Waals surface area contributed by atoms with E-state index in [-0.39, 0.29) is 5.91 Å². The maximum absolute atomic E-state index is 12.2. The Hall–Kier alpha value is -2.99. The molecule has 0 bridgehead atoms. The summed E-state index contributed by atoms with van der Waals surface area (Å²) in [6.07, 6.45) is 2.47. The zero-order valence-corrected chi connectivity index (χ0v) is 14.8. The number of nitrogens with one attached hydrogen (secondary N) is 1. The first-order valence-electron chi connectivity index (χ1n) is 8.41. The van der Waals surface area contributed by atoms with E-state index in [1.54, 1.807) is 6.20 Å². The van der Waals surface area contributed by atoms with Crippen LogP contribution in [0.4, 0.5) is 0 Å². The van der Waals surface area contributed by atoms with Crippen LogP contribution in [0, 0.1) is 0 Å². The molecule has 1 N–H and O–H groups in total. The van der Waals surface area contributed by atoms with Crippen molar-refractivity contribution in [3.8, 4) is 5.75 Å². The Morgan fingerprint density at radius 1 is 1.08 bits per heavy atom. The van der Waals surface area contributed by atoms with Gasteiger partial charge in [-0.05, 0) is 30.7 Å². The Morgan fingerprint density at radius 3 is 2.88 bits per heavy atom. The minimum absolute atomic E-state index is 0.141. The van der Waals surface area contributed by atoms with Gasteiger partial charge in [-0.15, -0.1) is 11.3 Å². The number of nitrogens with zero attached hydrogens (tertiary/aromatic N) is 2. The minimum Gasteiger partial charge on any atom is -0.491 e. The van der Waals surface area contributed by atoms with Crippen LogP contribution in [-0.4, -0.2) is 29.0 Å². The lowest BCUT2D eigenvalue weighted by Gasteiger charge is -2.08. The summed E-state index contributed by atoms with van der Waals surface area (Å²) in [6.45, 7) is 1.04. The van der Waals surface area contributed by atoms with Crippen molar-refractivity contribution in [2.75, 3.05) is 13.2 Å². The van der Waals surface area contributed by atoms with E-state index in [4.69, 9.17) is 4.74 Å². The molecule has 26 heavy (non-hydrogen) atoms. The van der Waals surface area contributed by atoms with Crippen molar-refractivity contribution in [3.05, 3.63) is 65.8 Å². The van der Waals surface area contributed by atoms with Crippen LogP contribution in [0.15, 0.2) is 60.8 Å². The van der Waals surface area contributed by atoms with Gasteiger partial charge < -0.3 is 10.1 Å². The Kier molecular flexibility index (Phi) is 4.75. The number of amides is 1. The lowest BCUT2D eigenvalue weighted by molar-refractivity contribution is 0.0951. The molecule has 2 aromatic heterocycles. The standard InChI is InChI=1S/C20H17N3O2S/c24-19(20-23-15-8-1-2-10-17(15)26-20)22-12-5-13-25-16-9-3-6-14-7-4-11-21-18(14)16/h1-4,6-11H,5,12-13H2,(H,22,24). The first-order chi connectivity index (χ1) is 12.8. The fraction of sp³-hybridized carbons (Fsp3) is 0.150. The summed E-state index contributed by atoms with van der Waals surface area (Å²) in [6, 6.07) is 17.5. The van der Waals surface area contributed by atoms with E-state index in [0.29, 0.717) is 24.6 Å². The molecule has 4 rings (SSSR count). The maximum Gasteiger partial charge on any atom is 0.280 e. The second-order valence-electron chi connectivity index (χ2n) is 5.78. The molecular weight excluding hydrogens is 346 g/mol. The molecular formula is C20H17N3O2S. The number of aromatic nitrogens is 2. The Bertz CT molecular complexity index is 1020. The SMILES string of the molecule is O=C(NCCCOc1cccc2cccnc12)c1nc2ccccc2s1. The van der Waals surface area contributed by atoms with Crippen LogP contribution < -0.4 is 10.1 Å². The van der Waals surface area contributed by atoms with E-state index in [1.165, 1.54) is 11.3 Å². The van der Waals surface area contributed by atoms with Crippen LogP contribution in [0.3, 0.4) is 0 Å². The molecule has 0 unspecified atom stereocenters. The number of benzene rings is 2. The lowest BCUT2D eigenvalue weighted by Crippen LogP contribution is -2.25. The zero-order valence-electron chi connectivity index (χ0n) is 14.0. The summed E-state index contributed by atoms with van der Waals surface area (Å²) in [5.41, 5.74) is 1.71. The molecule has 2 heterocycles. The van der Waals surface area contributed by atoms with Gasteiger partial charge in [0.1, 0.15) is 11.3 Å². The number of ether oxygens (including phenoxy) is 1. The van der Waals surface area contributed by atoms with Gasteiger partial charge in [-0.2, -0.15) is 0 Å². The predicted octanol–water partition coefficient (Wildman–Crippen LogP) is 4.04. The number of carbonyl (C=O) groups is 1. The Balaban J connectivity index is 1.29. The molecule has 0 spiro atoms. The van der Waals surface area contributed by atoms with Crippen molar-refractivity contribution in [2.45, 2.75) is 6.42 Å². The van der Waals surface area contributed by atoms with Gasteiger partial charge in [0.05, 0.1) is 16.8 Å². The fourth-order valence-electron chi connectivity index (χ4n) is 2.69. The smallest absolute Gasteiger partial charge is 0.280 e. The van der Waals surface area contributed by atoms with Crippen molar-refractivity contribution >= 4 is 38.4 Å². The average Bonchev–Trinajstić information content (AvgIpc) is 3.12. The van der Waals surface area contributed by atoms with E-state index in [2.05, 4.69) is 15.3 Å².